The lowest BCUT2D eigenvalue weighted by Crippen LogP contribution is -2.03. The number of fused-ring (bicyclic) bond motifs is 1. The molecule has 3 nitrogen and oxygen atoms in total. The molecule has 4 heteroatoms. The number of esters is 1. The number of hydrogen-bond acceptors (Lipinski definition) is 4. The number of benzene rings is 1. The van der Waals surface area contributed by atoms with E-state index in [9.17, 15) is 9.90 Å². The fourth-order valence-electron chi connectivity index (χ4n) is 1.79. The summed E-state index contributed by atoms with van der Waals surface area (Å²) in [6.07, 6.45) is 0.280. The van der Waals surface area contributed by atoms with Crippen molar-refractivity contribution in [3.8, 4) is 5.75 Å². The summed E-state index contributed by atoms with van der Waals surface area (Å²) >= 11 is 1.53. The van der Waals surface area contributed by atoms with Gasteiger partial charge in [0.2, 0.25) is 0 Å². The monoisotopic (exact) mass is 236 g/mol. The van der Waals surface area contributed by atoms with Crippen LogP contribution >= 0.6 is 11.3 Å². The van der Waals surface area contributed by atoms with Gasteiger partial charge in [-0.3, -0.25) is 4.79 Å². The first-order valence-electron chi connectivity index (χ1n) is 4.88. The third-order valence-electron chi connectivity index (χ3n) is 2.50. The molecule has 16 heavy (non-hydrogen) atoms. The van der Waals surface area contributed by atoms with Gasteiger partial charge in [-0.05, 0) is 40.9 Å². The Hall–Kier alpha value is -1.55. The van der Waals surface area contributed by atoms with Crippen molar-refractivity contribution >= 4 is 27.4 Å². The van der Waals surface area contributed by atoms with Crippen molar-refractivity contribution in [2.75, 3.05) is 7.11 Å². The van der Waals surface area contributed by atoms with Crippen LogP contribution in [0.4, 0.5) is 0 Å². The normalized spacial score (nSPS) is 10.6. The molecular weight excluding hydrogens is 224 g/mol. The molecule has 0 spiro atoms. The van der Waals surface area contributed by atoms with Gasteiger partial charge in [0.25, 0.3) is 0 Å². The predicted molar refractivity (Wildman–Crippen MR) is 63.9 cm³/mol. The molecule has 0 atom stereocenters. The smallest absolute Gasteiger partial charge is 0.310 e. The zero-order valence-electron chi connectivity index (χ0n) is 9.11. The number of phenols is 1. The summed E-state index contributed by atoms with van der Waals surface area (Å²) in [4.78, 5) is 11.2. The molecule has 0 aliphatic carbocycles. The highest BCUT2D eigenvalue weighted by Crippen LogP contribution is 2.32. The van der Waals surface area contributed by atoms with Crippen molar-refractivity contribution in [1.29, 1.82) is 0 Å². The molecule has 0 saturated heterocycles. The van der Waals surface area contributed by atoms with E-state index in [1.54, 1.807) is 12.1 Å². The number of hydrogen-bond donors (Lipinski definition) is 1. The van der Waals surface area contributed by atoms with Gasteiger partial charge in [-0.2, -0.15) is 0 Å². The predicted octanol–water partition coefficient (Wildman–Crippen LogP) is 2.63. The van der Waals surface area contributed by atoms with Crippen LogP contribution in [0.1, 0.15) is 11.1 Å². The molecule has 0 unspecified atom stereocenters. The first-order chi connectivity index (χ1) is 7.61. The standard InChI is InChI=1S/C12H12O3S/c1-7-3-9(13)5-10-12(7)8(6-16-10)4-11(14)15-2/h3,5-6,13H,4H2,1-2H3. The van der Waals surface area contributed by atoms with Crippen LogP contribution in [-0.2, 0) is 16.0 Å². The SMILES string of the molecule is COC(=O)Cc1csc2cc(O)cc(C)c12. The van der Waals surface area contributed by atoms with Crippen molar-refractivity contribution < 1.29 is 14.6 Å². The van der Waals surface area contributed by atoms with E-state index < -0.39 is 0 Å². The largest absolute Gasteiger partial charge is 0.508 e. The van der Waals surface area contributed by atoms with Gasteiger partial charge in [0.05, 0.1) is 13.5 Å². The van der Waals surface area contributed by atoms with Gasteiger partial charge in [0.15, 0.2) is 0 Å². The summed E-state index contributed by atoms with van der Waals surface area (Å²) < 4.78 is 5.65. The Balaban J connectivity index is 2.52. The van der Waals surface area contributed by atoms with Crippen LogP contribution in [0, 0.1) is 6.92 Å². The number of aryl methyl sites for hydroxylation is 1. The first kappa shape index (κ1) is 11.0. The summed E-state index contributed by atoms with van der Waals surface area (Å²) in [6.45, 7) is 1.93. The molecule has 1 N–H and O–H groups in total. The maximum absolute atomic E-state index is 11.2. The lowest BCUT2D eigenvalue weighted by molar-refractivity contribution is -0.139. The summed E-state index contributed by atoms with van der Waals surface area (Å²) in [6, 6.07) is 3.42. The maximum Gasteiger partial charge on any atom is 0.310 e. The number of ether oxygens (including phenoxy) is 1. The Kier molecular flexibility index (Phi) is 2.83. The van der Waals surface area contributed by atoms with Gasteiger partial charge < -0.3 is 9.84 Å². The van der Waals surface area contributed by atoms with E-state index in [-0.39, 0.29) is 18.1 Å². The Morgan fingerprint density at radius 2 is 2.25 bits per heavy atom. The van der Waals surface area contributed by atoms with Crippen molar-refractivity contribution in [1.82, 2.24) is 0 Å². The molecule has 2 rings (SSSR count). The third-order valence-corrected chi connectivity index (χ3v) is 3.47. The highest BCUT2D eigenvalue weighted by Gasteiger charge is 2.11. The molecule has 1 aromatic heterocycles. The molecule has 0 bridgehead atoms. The van der Waals surface area contributed by atoms with Gasteiger partial charge in [0, 0.05) is 4.70 Å². The minimum atomic E-state index is -0.243. The molecule has 2 aromatic rings. The third kappa shape index (κ3) is 1.88. The minimum absolute atomic E-state index is 0.243. The molecule has 0 fully saturated rings. The van der Waals surface area contributed by atoms with Crippen LogP contribution in [0.2, 0.25) is 0 Å². The van der Waals surface area contributed by atoms with E-state index in [0.29, 0.717) is 0 Å². The van der Waals surface area contributed by atoms with Crippen LogP contribution < -0.4 is 0 Å². The van der Waals surface area contributed by atoms with Gasteiger partial charge in [-0.1, -0.05) is 0 Å². The van der Waals surface area contributed by atoms with E-state index in [4.69, 9.17) is 0 Å². The fourth-order valence-corrected chi connectivity index (χ4v) is 2.86. The quantitative estimate of drug-likeness (QED) is 0.815. The van der Waals surface area contributed by atoms with E-state index in [1.165, 1.54) is 18.4 Å². The molecule has 0 saturated carbocycles. The summed E-state index contributed by atoms with van der Waals surface area (Å²) in [5.74, 6) is 0.0173. The number of phenolic OH excluding ortho intramolecular Hbond substituents is 1. The van der Waals surface area contributed by atoms with Crippen LogP contribution in [-0.4, -0.2) is 18.2 Å². The Labute approximate surface area is 97.3 Å². The highest BCUT2D eigenvalue weighted by atomic mass is 32.1. The van der Waals surface area contributed by atoms with E-state index >= 15 is 0 Å². The molecule has 0 radical (unpaired) electrons. The number of methoxy groups -OCH3 is 1. The second-order valence-electron chi connectivity index (χ2n) is 3.65. The number of thiophene rings is 1. The van der Waals surface area contributed by atoms with Crippen LogP contribution in [0.3, 0.4) is 0 Å². The van der Waals surface area contributed by atoms with Gasteiger partial charge in [-0.15, -0.1) is 11.3 Å². The van der Waals surface area contributed by atoms with Gasteiger partial charge in [-0.25, -0.2) is 0 Å². The number of carbonyl (C=O) groups excluding carboxylic acids is 1. The van der Waals surface area contributed by atoms with Crippen molar-refractivity contribution in [2.45, 2.75) is 13.3 Å². The summed E-state index contributed by atoms with van der Waals surface area (Å²) in [5, 5.41) is 12.5. The average Bonchev–Trinajstić information content (AvgIpc) is 2.61. The summed E-state index contributed by atoms with van der Waals surface area (Å²) in [5.41, 5.74) is 1.94. The number of rotatable bonds is 2. The zero-order valence-corrected chi connectivity index (χ0v) is 9.93. The van der Waals surface area contributed by atoms with E-state index in [0.717, 1.165) is 21.2 Å². The second kappa shape index (κ2) is 4.14. The summed E-state index contributed by atoms with van der Waals surface area (Å²) in [7, 11) is 1.38. The molecule has 1 heterocycles. The molecule has 1 aromatic carbocycles. The lowest BCUT2D eigenvalue weighted by atomic mass is 10.1. The van der Waals surface area contributed by atoms with Crippen LogP contribution in [0.15, 0.2) is 17.5 Å². The van der Waals surface area contributed by atoms with Crippen molar-refractivity contribution in [3.05, 3.63) is 28.6 Å². The zero-order chi connectivity index (χ0) is 11.7. The van der Waals surface area contributed by atoms with Crippen LogP contribution in [0.25, 0.3) is 10.1 Å². The Morgan fingerprint density at radius 1 is 1.50 bits per heavy atom. The van der Waals surface area contributed by atoms with Crippen molar-refractivity contribution in [3.63, 3.8) is 0 Å². The molecule has 0 amide bonds. The molecular formula is C12H12O3S. The highest BCUT2D eigenvalue weighted by molar-refractivity contribution is 7.17. The molecule has 0 aliphatic rings. The Bertz CT molecular complexity index is 542. The minimum Gasteiger partial charge on any atom is -0.508 e. The maximum atomic E-state index is 11.2. The lowest BCUT2D eigenvalue weighted by Gasteiger charge is -2.02. The topological polar surface area (TPSA) is 46.5 Å². The van der Waals surface area contributed by atoms with Gasteiger partial charge in [0.1, 0.15) is 5.75 Å². The molecule has 0 aliphatic heterocycles. The van der Waals surface area contributed by atoms with Gasteiger partial charge >= 0.3 is 5.97 Å². The number of aromatic hydroxyl groups is 1. The fraction of sp³-hybridized carbons (Fsp3) is 0.250. The molecule has 84 valence electrons. The Morgan fingerprint density at radius 3 is 2.94 bits per heavy atom. The van der Waals surface area contributed by atoms with Crippen molar-refractivity contribution in [2.24, 2.45) is 0 Å². The number of carbonyl (C=O) groups is 1. The van der Waals surface area contributed by atoms with Crippen LogP contribution in [0.5, 0.6) is 5.75 Å². The van der Waals surface area contributed by atoms with E-state index in [1.807, 2.05) is 12.3 Å². The van der Waals surface area contributed by atoms with E-state index in [2.05, 4.69) is 4.74 Å². The second-order valence-corrected chi connectivity index (χ2v) is 4.56. The first-order valence-corrected chi connectivity index (χ1v) is 5.76. The average molecular weight is 236 g/mol.